The van der Waals surface area contributed by atoms with Crippen molar-refractivity contribution in [3.05, 3.63) is 40.0 Å². The number of fused-ring (bicyclic) bond motifs is 1. The summed E-state index contributed by atoms with van der Waals surface area (Å²) in [4.78, 5) is 4.57. The van der Waals surface area contributed by atoms with Crippen LogP contribution in [0.5, 0.6) is 0 Å². The molecule has 1 aromatic carbocycles. The maximum absolute atomic E-state index is 4.57. The zero-order valence-electron chi connectivity index (χ0n) is 9.21. The molecule has 1 aromatic heterocycles. The first-order chi connectivity index (χ1) is 7.09. The van der Waals surface area contributed by atoms with E-state index in [4.69, 9.17) is 0 Å². The van der Waals surface area contributed by atoms with Crippen LogP contribution in [-0.4, -0.2) is 4.98 Å². The molecule has 2 rings (SSSR count). The zero-order chi connectivity index (χ0) is 11.0. The van der Waals surface area contributed by atoms with E-state index >= 15 is 0 Å². The number of hydrogen-bond acceptors (Lipinski definition) is 1. The number of hydrogen-bond donors (Lipinski definition) is 0. The minimum Gasteiger partial charge on any atom is -0.241 e. The number of nitrogens with zero attached hydrogens (tertiary/aromatic N) is 1. The van der Waals surface area contributed by atoms with Crippen molar-refractivity contribution < 1.29 is 0 Å². The Morgan fingerprint density at radius 2 is 2.00 bits per heavy atom. The monoisotopic (exact) mass is 263 g/mol. The molecule has 0 aliphatic heterocycles. The SMILES string of the molecule is Cc1cc(Br)nc2c(C(C)C)cccc12. The van der Waals surface area contributed by atoms with Crippen LogP contribution in [0.25, 0.3) is 10.9 Å². The van der Waals surface area contributed by atoms with Gasteiger partial charge in [-0.3, -0.25) is 0 Å². The molecular formula is C13H14BrN. The Kier molecular flexibility index (Phi) is 2.79. The summed E-state index contributed by atoms with van der Waals surface area (Å²) in [6, 6.07) is 8.47. The molecule has 0 bridgehead atoms. The Labute approximate surface area is 98.7 Å². The highest BCUT2D eigenvalue weighted by Crippen LogP contribution is 2.27. The van der Waals surface area contributed by atoms with Gasteiger partial charge in [-0.2, -0.15) is 0 Å². The van der Waals surface area contributed by atoms with Crippen LogP contribution in [0.15, 0.2) is 28.9 Å². The molecule has 0 saturated heterocycles. The molecule has 0 fully saturated rings. The van der Waals surface area contributed by atoms with E-state index in [1.807, 2.05) is 0 Å². The smallest absolute Gasteiger partial charge is 0.107 e. The Morgan fingerprint density at radius 1 is 1.27 bits per heavy atom. The molecule has 15 heavy (non-hydrogen) atoms. The average Bonchev–Trinajstić information content (AvgIpc) is 2.16. The normalized spacial score (nSPS) is 11.3. The highest BCUT2D eigenvalue weighted by atomic mass is 79.9. The maximum atomic E-state index is 4.57. The lowest BCUT2D eigenvalue weighted by Gasteiger charge is -2.10. The lowest BCUT2D eigenvalue weighted by atomic mass is 9.98. The van der Waals surface area contributed by atoms with Crippen LogP contribution in [0, 0.1) is 6.92 Å². The summed E-state index contributed by atoms with van der Waals surface area (Å²) >= 11 is 3.46. The van der Waals surface area contributed by atoms with Crippen LogP contribution in [0.1, 0.15) is 30.9 Å². The summed E-state index contributed by atoms with van der Waals surface area (Å²) in [5, 5.41) is 1.25. The second kappa shape index (κ2) is 3.93. The van der Waals surface area contributed by atoms with Crippen molar-refractivity contribution in [1.29, 1.82) is 0 Å². The third-order valence-corrected chi connectivity index (χ3v) is 3.07. The van der Waals surface area contributed by atoms with Gasteiger partial charge in [0, 0.05) is 5.39 Å². The minimum atomic E-state index is 0.509. The second-order valence-electron chi connectivity index (χ2n) is 4.16. The Morgan fingerprint density at radius 3 is 2.67 bits per heavy atom. The highest BCUT2D eigenvalue weighted by molar-refractivity contribution is 9.10. The first-order valence-corrected chi connectivity index (χ1v) is 5.94. The molecule has 78 valence electrons. The largest absolute Gasteiger partial charge is 0.241 e. The second-order valence-corrected chi connectivity index (χ2v) is 4.97. The molecule has 1 nitrogen and oxygen atoms in total. The lowest BCUT2D eigenvalue weighted by molar-refractivity contribution is 0.872. The Hall–Kier alpha value is -0.890. The fourth-order valence-corrected chi connectivity index (χ4v) is 2.39. The quantitative estimate of drug-likeness (QED) is 0.694. The molecule has 0 aliphatic rings. The number of aromatic nitrogens is 1. The summed E-state index contributed by atoms with van der Waals surface area (Å²) < 4.78 is 0.917. The summed E-state index contributed by atoms with van der Waals surface area (Å²) in [5.74, 6) is 0.509. The van der Waals surface area contributed by atoms with Crippen molar-refractivity contribution in [1.82, 2.24) is 4.98 Å². The van der Waals surface area contributed by atoms with Gasteiger partial charge in [-0.05, 0) is 46.0 Å². The molecule has 2 aromatic rings. The number of halogens is 1. The first kappa shape index (κ1) is 10.6. The maximum Gasteiger partial charge on any atom is 0.107 e. The molecule has 0 spiro atoms. The molecular weight excluding hydrogens is 250 g/mol. The van der Waals surface area contributed by atoms with E-state index in [2.05, 4.69) is 66.0 Å². The van der Waals surface area contributed by atoms with E-state index in [-0.39, 0.29) is 0 Å². The predicted octanol–water partition coefficient (Wildman–Crippen LogP) is 4.43. The molecule has 0 atom stereocenters. The van der Waals surface area contributed by atoms with E-state index in [1.54, 1.807) is 0 Å². The number of rotatable bonds is 1. The van der Waals surface area contributed by atoms with Crippen molar-refractivity contribution in [2.45, 2.75) is 26.7 Å². The average molecular weight is 264 g/mol. The summed E-state index contributed by atoms with van der Waals surface area (Å²) in [6.45, 7) is 6.53. The lowest BCUT2D eigenvalue weighted by Crippen LogP contribution is -1.93. The molecule has 0 radical (unpaired) electrons. The van der Waals surface area contributed by atoms with Crippen molar-refractivity contribution in [3.63, 3.8) is 0 Å². The van der Waals surface area contributed by atoms with Gasteiger partial charge in [0.15, 0.2) is 0 Å². The van der Waals surface area contributed by atoms with Gasteiger partial charge in [0.25, 0.3) is 0 Å². The predicted molar refractivity (Wildman–Crippen MR) is 68.3 cm³/mol. The van der Waals surface area contributed by atoms with Gasteiger partial charge < -0.3 is 0 Å². The topological polar surface area (TPSA) is 12.9 Å². The van der Waals surface area contributed by atoms with Crippen LogP contribution >= 0.6 is 15.9 Å². The Bertz CT molecular complexity index is 503. The van der Waals surface area contributed by atoms with Crippen LogP contribution in [0.2, 0.25) is 0 Å². The van der Waals surface area contributed by atoms with Gasteiger partial charge >= 0.3 is 0 Å². The summed E-state index contributed by atoms with van der Waals surface area (Å²) in [5.41, 5.74) is 3.71. The molecule has 0 unspecified atom stereocenters. The van der Waals surface area contributed by atoms with Gasteiger partial charge in [-0.25, -0.2) is 4.98 Å². The first-order valence-electron chi connectivity index (χ1n) is 5.15. The standard InChI is InChI=1S/C13H14BrN/c1-8(2)10-5-4-6-11-9(3)7-12(14)15-13(10)11/h4-8H,1-3H3. The van der Waals surface area contributed by atoms with Crippen LogP contribution in [0.4, 0.5) is 0 Å². The Balaban J connectivity index is 2.85. The molecule has 0 saturated carbocycles. The molecule has 0 amide bonds. The molecule has 0 N–H and O–H groups in total. The third-order valence-electron chi connectivity index (χ3n) is 2.67. The van der Waals surface area contributed by atoms with E-state index in [9.17, 15) is 0 Å². The summed E-state index contributed by atoms with van der Waals surface area (Å²) in [6.07, 6.45) is 0. The number of pyridine rings is 1. The number of aryl methyl sites for hydroxylation is 1. The van der Waals surface area contributed by atoms with Gasteiger partial charge in [0.05, 0.1) is 5.52 Å². The minimum absolute atomic E-state index is 0.509. The number of para-hydroxylation sites is 1. The highest BCUT2D eigenvalue weighted by Gasteiger charge is 2.08. The van der Waals surface area contributed by atoms with Gasteiger partial charge in [0.2, 0.25) is 0 Å². The van der Waals surface area contributed by atoms with Crippen LogP contribution in [-0.2, 0) is 0 Å². The van der Waals surface area contributed by atoms with Crippen molar-refractivity contribution >= 4 is 26.8 Å². The molecule has 2 heteroatoms. The zero-order valence-corrected chi connectivity index (χ0v) is 10.8. The van der Waals surface area contributed by atoms with Gasteiger partial charge in [-0.15, -0.1) is 0 Å². The van der Waals surface area contributed by atoms with E-state index < -0.39 is 0 Å². The van der Waals surface area contributed by atoms with E-state index in [0.29, 0.717) is 5.92 Å². The van der Waals surface area contributed by atoms with Crippen molar-refractivity contribution in [3.8, 4) is 0 Å². The van der Waals surface area contributed by atoms with Gasteiger partial charge in [0.1, 0.15) is 4.60 Å². The van der Waals surface area contributed by atoms with Crippen LogP contribution < -0.4 is 0 Å². The molecule has 0 aliphatic carbocycles. The van der Waals surface area contributed by atoms with Crippen molar-refractivity contribution in [2.75, 3.05) is 0 Å². The third kappa shape index (κ3) is 1.91. The van der Waals surface area contributed by atoms with Crippen molar-refractivity contribution in [2.24, 2.45) is 0 Å². The fraction of sp³-hybridized carbons (Fsp3) is 0.308. The number of benzene rings is 1. The fourth-order valence-electron chi connectivity index (χ4n) is 1.87. The summed E-state index contributed by atoms with van der Waals surface area (Å²) in [7, 11) is 0. The van der Waals surface area contributed by atoms with Crippen LogP contribution in [0.3, 0.4) is 0 Å². The van der Waals surface area contributed by atoms with E-state index in [0.717, 1.165) is 10.1 Å². The van der Waals surface area contributed by atoms with E-state index in [1.165, 1.54) is 16.5 Å². The molecule has 1 heterocycles. The van der Waals surface area contributed by atoms with Gasteiger partial charge in [-0.1, -0.05) is 32.0 Å².